The monoisotopic (exact) mass is 454 g/mol. The van der Waals surface area contributed by atoms with Crippen molar-refractivity contribution in [3.63, 3.8) is 0 Å². The molecule has 1 saturated carbocycles. The van der Waals surface area contributed by atoms with E-state index in [1.807, 2.05) is 48.7 Å². The second kappa shape index (κ2) is 9.39. The molecular formula is C24H27N2O3PS. The second-order valence-corrected chi connectivity index (χ2v) is 11.6. The SMILES string of the molecule is CCP(=O)(Cc1ccc(C(=O)Nc2cc(-c3cccs3)ccc2N)cc1)OC1CCC1. The summed E-state index contributed by atoms with van der Waals surface area (Å²) in [6, 6.07) is 16.9. The predicted octanol–water partition coefficient (Wildman–Crippen LogP) is 6.62. The maximum Gasteiger partial charge on any atom is 0.255 e. The normalized spacial score (nSPS) is 15.8. The van der Waals surface area contributed by atoms with Gasteiger partial charge in [0.2, 0.25) is 7.37 Å². The highest BCUT2D eigenvalue weighted by Gasteiger charge is 2.29. The Kier molecular flexibility index (Phi) is 6.61. The summed E-state index contributed by atoms with van der Waals surface area (Å²) in [6.45, 7) is 1.91. The van der Waals surface area contributed by atoms with E-state index in [0.717, 1.165) is 35.3 Å². The molecule has 162 valence electrons. The second-order valence-electron chi connectivity index (χ2n) is 7.88. The number of thiophene rings is 1. The maximum absolute atomic E-state index is 13.1. The number of nitrogens with one attached hydrogen (secondary N) is 1. The minimum Gasteiger partial charge on any atom is -0.397 e. The van der Waals surface area contributed by atoms with Crippen molar-refractivity contribution in [2.45, 2.75) is 38.5 Å². The summed E-state index contributed by atoms with van der Waals surface area (Å²) in [5.74, 6) is -0.231. The Labute approximate surface area is 187 Å². The molecule has 3 aromatic rings. The van der Waals surface area contributed by atoms with Crippen molar-refractivity contribution >= 4 is 36.0 Å². The molecule has 0 aliphatic heterocycles. The molecule has 31 heavy (non-hydrogen) atoms. The van der Waals surface area contributed by atoms with Crippen LogP contribution in [0.5, 0.6) is 0 Å². The molecule has 0 spiro atoms. The van der Waals surface area contributed by atoms with Crippen LogP contribution in [0.15, 0.2) is 60.0 Å². The summed E-state index contributed by atoms with van der Waals surface area (Å²) >= 11 is 1.64. The molecule has 1 amide bonds. The van der Waals surface area contributed by atoms with Gasteiger partial charge in [0.15, 0.2) is 0 Å². The van der Waals surface area contributed by atoms with Gasteiger partial charge in [-0.15, -0.1) is 11.3 Å². The van der Waals surface area contributed by atoms with Gasteiger partial charge in [-0.3, -0.25) is 9.36 Å². The van der Waals surface area contributed by atoms with E-state index in [4.69, 9.17) is 10.3 Å². The van der Waals surface area contributed by atoms with Crippen molar-refractivity contribution in [1.82, 2.24) is 0 Å². The number of amides is 1. The van der Waals surface area contributed by atoms with E-state index in [9.17, 15) is 9.36 Å². The minimum atomic E-state index is -2.69. The summed E-state index contributed by atoms with van der Waals surface area (Å²) in [7, 11) is -2.69. The molecule has 7 heteroatoms. The van der Waals surface area contributed by atoms with E-state index in [0.29, 0.717) is 29.3 Å². The number of hydrogen-bond acceptors (Lipinski definition) is 5. The zero-order valence-electron chi connectivity index (χ0n) is 17.5. The molecule has 3 N–H and O–H groups in total. The molecule has 1 aliphatic rings. The van der Waals surface area contributed by atoms with Crippen molar-refractivity contribution in [3.05, 3.63) is 71.1 Å². The van der Waals surface area contributed by atoms with E-state index in [1.54, 1.807) is 29.5 Å². The lowest BCUT2D eigenvalue weighted by atomic mass is 9.97. The molecule has 5 nitrogen and oxygen atoms in total. The first-order valence-corrected chi connectivity index (χ1v) is 13.4. The van der Waals surface area contributed by atoms with Gasteiger partial charge in [0.1, 0.15) is 0 Å². The number of benzene rings is 2. The Hall–Kier alpha value is -2.40. The molecule has 1 atom stereocenters. The van der Waals surface area contributed by atoms with E-state index >= 15 is 0 Å². The fourth-order valence-corrected chi connectivity index (χ4v) is 6.16. The fraction of sp³-hybridized carbons (Fsp3) is 0.292. The van der Waals surface area contributed by atoms with Crippen LogP contribution in [0.4, 0.5) is 11.4 Å². The molecule has 1 heterocycles. The highest BCUT2D eigenvalue weighted by molar-refractivity contribution is 7.58. The van der Waals surface area contributed by atoms with Crippen molar-refractivity contribution in [2.75, 3.05) is 17.2 Å². The van der Waals surface area contributed by atoms with Gasteiger partial charge < -0.3 is 15.6 Å². The van der Waals surface area contributed by atoms with E-state index in [1.165, 1.54) is 0 Å². The van der Waals surface area contributed by atoms with Crippen LogP contribution in [0, 0.1) is 0 Å². The van der Waals surface area contributed by atoms with Crippen LogP contribution in [0.2, 0.25) is 0 Å². The van der Waals surface area contributed by atoms with Gasteiger partial charge in [-0.1, -0.05) is 31.2 Å². The third-order valence-electron chi connectivity index (χ3n) is 5.62. The topological polar surface area (TPSA) is 81.4 Å². The number of carbonyl (C=O) groups excluding carboxylic acids is 1. The molecule has 0 bridgehead atoms. The molecule has 1 unspecified atom stereocenters. The van der Waals surface area contributed by atoms with Crippen LogP contribution >= 0.6 is 18.7 Å². The Morgan fingerprint density at radius 2 is 1.97 bits per heavy atom. The van der Waals surface area contributed by atoms with E-state index in [-0.39, 0.29) is 12.0 Å². The van der Waals surface area contributed by atoms with E-state index < -0.39 is 7.37 Å². The third kappa shape index (κ3) is 5.27. The predicted molar refractivity (Wildman–Crippen MR) is 129 cm³/mol. The molecule has 1 aliphatic carbocycles. The quantitative estimate of drug-likeness (QED) is 0.296. The van der Waals surface area contributed by atoms with Crippen LogP contribution in [-0.4, -0.2) is 18.2 Å². The molecule has 1 aromatic heterocycles. The fourth-order valence-electron chi connectivity index (χ4n) is 3.47. The summed E-state index contributed by atoms with van der Waals surface area (Å²) in [5.41, 5.74) is 9.63. The summed E-state index contributed by atoms with van der Waals surface area (Å²) in [5, 5.41) is 4.92. The number of nitrogens with two attached hydrogens (primary N) is 1. The van der Waals surface area contributed by atoms with Gasteiger partial charge in [0, 0.05) is 22.8 Å². The molecule has 0 radical (unpaired) electrons. The largest absolute Gasteiger partial charge is 0.397 e. The first-order chi connectivity index (χ1) is 15.0. The lowest BCUT2D eigenvalue weighted by Crippen LogP contribution is -2.21. The Morgan fingerprint density at radius 1 is 1.19 bits per heavy atom. The van der Waals surface area contributed by atoms with Crippen molar-refractivity contribution in [3.8, 4) is 10.4 Å². The van der Waals surface area contributed by atoms with Gasteiger partial charge in [0.25, 0.3) is 5.91 Å². The Balaban J connectivity index is 1.44. The van der Waals surface area contributed by atoms with Crippen LogP contribution in [0.1, 0.15) is 42.1 Å². The van der Waals surface area contributed by atoms with Crippen LogP contribution in [0.3, 0.4) is 0 Å². The number of rotatable bonds is 8. The van der Waals surface area contributed by atoms with Gasteiger partial charge in [-0.25, -0.2) is 0 Å². The highest BCUT2D eigenvalue weighted by atomic mass is 32.1. The smallest absolute Gasteiger partial charge is 0.255 e. The molecule has 2 aromatic carbocycles. The van der Waals surface area contributed by atoms with Crippen LogP contribution in [0.25, 0.3) is 10.4 Å². The highest BCUT2D eigenvalue weighted by Crippen LogP contribution is 2.53. The molecular weight excluding hydrogens is 427 g/mol. The van der Waals surface area contributed by atoms with Crippen LogP contribution in [-0.2, 0) is 15.3 Å². The Bertz CT molecular complexity index is 1090. The average Bonchev–Trinajstić information content (AvgIpc) is 3.28. The average molecular weight is 455 g/mol. The number of hydrogen-bond donors (Lipinski definition) is 2. The van der Waals surface area contributed by atoms with Gasteiger partial charge in [-0.05, 0) is 66.1 Å². The van der Waals surface area contributed by atoms with E-state index in [2.05, 4.69) is 5.32 Å². The lowest BCUT2D eigenvalue weighted by molar-refractivity contribution is 0.102. The standard InChI is InChI=1S/C24H27N2O3PS/c1-2-30(28,29-20-5-3-6-20)16-17-8-10-18(11-9-17)24(27)26-22-15-19(12-13-21(22)25)23-7-4-14-31-23/h4,7-15,20H,2-3,5-6,16,25H2,1H3,(H,26,27). The number of nitrogen functional groups attached to an aromatic ring is 1. The van der Waals surface area contributed by atoms with Crippen molar-refractivity contribution in [1.29, 1.82) is 0 Å². The van der Waals surface area contributed by atoms with Crippen molar-refractivity contribution < 1.29 is 13.9 Å². The first kappa shape index (κ1) is 21.8. The molecule has 0 saturated heterocycles. The zero-order valence-corrected chi connectivity index (χ0v) is 19.3. The molecule has 4 rings (SSSR count). The third-order valence-corrected chi connectivity index (χ3v) is 9.03. The first-order valence-electron chi connectivity index (χ1n) is 10.6. The molecule has 1 fully saturated rings. The number of anilines is 2. The van der Waals surface area contributed by atoms with Crippen LogP contribution < -0.4 is 11.1 Å². The number of carbonyl (C=O) groups is 1. The minimum absolute atomic E-state index is 0.145. The summed E-state index contributed by atoms with van der Waals surface area (Å²) < 4.78 is 19.0. The van der Waals surface area contributed by atoms with Crippen molar-refractivity contribution in [2.24, 2.45) is 0 Å². The Morgan fingerprint density at radius 3 is 2.58 bits per heavy atom. The van der Waals surface area contributed by atoms with Gasteiger partial charge in [0.05, 0.1) is 17.5 Å². The maximum atomic E-state index is 13.1. The summed E-state index contributed by atoms with van der Waals surface area (Å²) in [6.07, 6.45) is 4.22. The zero-order chi connectivity index (χ0) is 21.8. The van der Waals surface area contributed by atoms with Gasteiger partial charge >= 0.3 is 0 Å². The summed E-state index contributed by atoms with van der Waals surface area (Å²) in [4.78, 5) is 13.9. The van der Waals surface area contributed by atoms with Gasteiger partial charge in [-0.2, -0.15) is 0 Å². The lowest BCUT2D eigenvalue weighted by Gasteiger charge is -2.30.